The van der Waals surface area contributed by atoms with Crippen LogP contribution in [0.5, 0.6) is 0 Å². The molecule has 0 atom stereocenters. The molecule has 18 heavy (non-hydrogen) atoms. The second kappa shape index (κ2) is 5.04. The SMILES string of the molecule is CC(C)(C)Nc1ccnc(Nc2ccccc2)n1. The van der Waals surface area contributed by atoms with Crippen LogP contribution in [0, 0.1) is 0 Å². The number of aromatic nitrogens is 2. The van der Waals surface area contributed by atoms with E-state index in [0.29, 0.717) is 5.95 Å². The van der Waals surface area contributed by atoms with E-state index >= 15 is 0 Å². The van der Waals surface area contributed by atoms with Gasteiger partial charge in [-0.05, 0) is 39.0 Å². The summed E-state index contributed by atoms with van der Waals surface area (Å²) < 4.78 is 0. The van der Waals surface area contributed by atoms with Crippen molar-refractivity contribution in [3.8, 4) is 0 Å². The van der Waals surface area contributed by atoms with Crippen LogP contribution >= 0.6 is 0 Å². The first-order valence-electron chi connectivity index (χ1n) is 5.96. The van der Waals surface area contributed by atoms with E-state index in [1.54, 1.807) is 6.20 Å². The van der Waals surface area contributed by atoms with E-state index in [9.17, 15) is 0 Å². The fourth-order valence-corrected chi connectivity index (χ4v) is 1.52. The van der Waals surface area contributed by atoms with Gasteiger partial charge in [-0.1, -0.05) is 18.2 Å². The average Bonchev–Trinajstić information content (AvgIpc) is 2.28. The molecule has 0 saturated carbocycles. The van der Waals surface area contributed by atoms with Gasteiger partial charge in [-0.3, -0.25) is 0 Å². The summed E-state index contributed by atoms with van der Waals surface area (Å²) in [7, 11) is 0. The van der Waals surface area contributed by atoms with E-state index in [1.165, 1.54) is 0 Å². The van der Waals surface area contributed by atoms with Crippen molar-refractivity contribution in [2.75, 3.05) is 10.6 Å². The molecule has 0 saturated heterocycles. The van der Waals surface area contributed by atoms with Crippen LogP contribution in [0.3, 0.4) is 0 Å². The molecule has 0 spiro atoms. The van der Waals surface area contributed by atoms with Gasteiger partial charge in [0.05, 0.1) is 0 Å². The maximum absolute atomic E-state index is 4.42. The molecule has 1 aromatic heterocycles. The number of rotatable bonds is 3. The quantitative estimate of drug-likeness (QED) is 0.865. The third-order valence-electron chi connectivity index (χ3n) is 2.19. The minimum Gasteiger partial charge on any atom is -0.365 e. The molecule has 0 aliphatic rings. The molecule has 0 unspecified atom stereocenters. The zero-order chi connectivity index (χ0) is 13.0. The van der Waals surface area contributed by atoms with Crippen molar-refractivity contribution in [1.82, 2.24) is 9.97 Å². The molecule has 0 radical (unpaired) electrons. The lowest BCUT2D eigenvalue weighted by atomic mass is 10.1. The van der Waals surface area contributed by atoms with E-state index < -0.39 is 0 Å². The lowest BCUT2D eigenvalue weighted by Crippen LogP contribution is -2.26. The molecule has 4 heteroatoms. The van der Waals surface area contributed by atoms with Gasteiger partial charge in [-0.15, -0.1) is 0 Å². The predicted molar refractivity (Wildman–Crippen MR) is 75.1 cm³/mol. The van der Waals surface area contributed by atoms with E-state index in [1.807, 2.05) is 36.4 Å². The Morgan fingerprint density at radius 3 is 2.39 bits per heavy atom. The van der Waals surface area contributed by atoms with Crippen LogP contribution < -0.4 is 10.6 Å². The molecule has 1 heterocycles. The van der Waals surface area contributed by atoms with Gasteiger partial charge in [0.15, 0.2) is 0 Å². The van der Waals surface area contributed by atoms with Crippen molar-refractivity contribution in [3.05, 3.63) is 42.6 Å². The summed E-state index contributed by atoms with van der Waals surface area (Å²) in [5, 5.41) is 6.48. The van der Waals surface area contributed by atoms with E-state index in [-0.39, 0.29) is 5.54 Å². The lowest BCUT2D eigenvalue weighted by molar-refractivity contribution is 0.630. The van der Waals surface area contributed by atoms with Crippen LogP contribution in [0.1, 0.15) is 20.8 Å². The largest absolute Gasteiger partial charge is 0.365 e. The first-order chi connectivity index (χ1) is 8.53. The summed E-state index contributed by atoms with van der Waals surface area (Å²) in [5.74, 6) is 1.41. The van der Waals surface area contributed by atoms with Crippen molar-refractivity contribution in [3.63, 3.8) is 0 Å². The van der Waals surface area contributed by atoms with Gasteiger partial charge in [0.25, 0.3) is 0 Å². The van der Waals surface area contributed by atoms with Crippen molar-refractivity contribution in [1.29, 1.82) is 0 Å². The molecule has 2 N–H and O–H groups in total. The highest BCUT2D eigenvalue weighted by molar-refractivity contribution is 5.54. The highest BCUT2D eigenvalue weighted by Gasteiger charge is 2.10. The Labute approximate surface area is 107 Å². The van der Waals surface area contributed by atoms with Gasteiger partial charge in [0.1, 0.15) is 5.82 Å². The molecule has 0 aliphatic carbocycles. The number of hydrogen-bond donors (Lipinski definition) is 2. The third-order valence-corrected chi connectivity index (χ3v) is 2.19. The monoisotopic (exact) mass is 242 g/mol. The summed E-state index contributed by atoms with van der Waals surface area (Å²) in [6, 6.07) is 11.7. The van der Waals surface area contributed by atoms with Crippen LogP contribution in [0.2, 0.25) is 0 Å². The smallest absolute Gasteiger partial charge is 0.229 e. The third kappa shape index (κ3) is 3.73. The number of nitrogens with one attached hydrogen (secondary N) is 2. The number of para-hydroxylation sites is 1. The van der Waals surface area contributed by atoms with E-state index in [2.05, 4.69) is 41.4 Å². The summed E-state index contributed by atoms with van der Waals surface area (Å²) in [5.41, 5.74) is 0.962. The summed E-state index contributed by atoms with van der Waals surface area (Å²) in [6.07, 6.45) is 1.74. The van der Waals surface area contributed by atoms with Crippen LogP contribution in [-0.4, -0.2) is 15.5 Å². The Kier molecular flexibility index (Phi) is 3.46. The molecule has 0 aliphatic heterocycles. The molecule has 4 nitrogen and oxygen atoms in total. The Morgan fingerprint density at radius 2 is 1.72 bits per heavy atom. The van der Waals surface area contributed by atoms with Crippen molar-refractivity contribution < 1.29 is 0 Å². The summed E-state index contributed by atoms with van der Waals surface area (Å²) in [6.45, 7) is 6.29. The standard InChI is InChI=1S/C14H18N4/c1-14(2,3)18-12-9-10-15-13(17-12)16-11-7-5-4-6-8-11/h4-10H,1-3H3,(H2,15,16,17,18). The topological polar surface area (TPSA) is 49.8 Å². The van der Waals surface area contributed by atoms with Gasteiger partial charge in [-0.25, -0.2) is 4.98 Å². The minimum absolute atomic E-state index is 0.0155. The molecule has 0 fully saturated rings. The van der Waals surface area contributed by atoms with Crippen LogP contribution in [-0.2, 0) is 0 Å². The Balaban J connectivity index is 2.13. The van der Waals surface area contributed by atoms with Crippen LogP contribution in [0.25, 0.3) is 0 Å². The fraction of sp³-hybridized carbons (Fsp3) is 0.286. The minimum atomic E-state index is -0.0155. The van der Waals surface area contributed by atoms with Gasteiger partial charge >= 0.3 is 0 Å². The number of nitrogens with zero attached hydrogens (tertiary/aromatic N) is 2. The van der Waals surface area contributed by atoms with Crippen molar-refractivity contribution >= 4 is 17.5 Å². The zero-order valence-electron chi connectivity index (χ0n) is 10.9. The van der Waals surface area contributed by atoms with Gasteiger partial charge in [0.2, 0.25) is 5.95 Å². The average molecular weight is 242 g/mol. The highest BCUT2D eigenvalue weighted by atomic mass is 15.1. The highest BCUT2D eigenvalue weighted by Crippen LogP contribution is 2.15. The summed E-state index contributed by atoms with van der Waals surface area (Å²) in [4.78, 5) is 8.62. The van der Waals surface area contributed by atoms with Gasteiger partial charge < -0.3 is 10.6 Å². The van der Waals surface area contributed by atoms with Crippen molar-refractivity contribution in [2.24, 2.45) is 0 Å². The van der Waals surface area contributed by atoms with Gasteiger partial charge in [0, 0.05) is 17.4 Å². The van der Waals surface area contributed by atoms with Crippen LogP contribution in [0.4, 0.5) is 17.5 Å². The predicted octanol–water partition coefficient (Wildman–Crippen LogP) is 3.43. The lowest BCUT2D eigenvalue weighted by Gasteiger charge is -2.21. The fourth-order valence-electron chi connectivity index (χ4n) is 1.52. The molecule has 1 aromatic carbocycles. The maximum atomic E-state index is 4.42. The Morgan fingerprint density at radius 1 is 1.00 bits per heavy atom. The van der Waals surface area contributed by atoms with E-state index in [0.717, 1.165) is 11.5 Å². The first kappa shape index (κ1) is 12.4. The Hall–Kier alpha value is -2.10. The molecule has 94 valence electrons. The van der Waals surface area contributed by atoms with Crippen LogP contribution in [0.15, 0.2) is 42.6 Å². The molecular formula is C14H18N4. The maximum Gasteiger partial charge on any atom is 0.229 e. The second-order valence-corrected chi connectivity index (χ2v) is 5.13. The van der Waals surface area contributed by atoms with E-state index in [4.69, 9.17) is 0 Å². The number of benzene rings is 1. The molecule has 0 amide bonds. The molecular weight excluding hydrogens is 224 g/mol. The zero-order valence-corrected chi connectivity index (χ0v) is 10.9. The Bertz CT molecular complexity index is 503. The molecule has 2 rings (SSSR count). The first-order valence-corrected chi connectivity index (χ1v) is 5.96. The van der Waals surface area contributed by atoms with Crippen molar-refractivity contribution in [2.45, 2.75) is 26.3 Å². The molecule has 2 aromatic rings. The number of hydrogen-bond acceptors (Lipinski definition) is 4. The summed E-state index contributed by atoms with van der Waals surface area (Å²) >= 11 is 0. The number of anilines is 3. The molecule has 0 bridgehead atoms. The normalized spacial score (nSPS) is 11.1. The van der Waals surface area contributed by atoms with Gasteiger partial charge in [-0.2, -0.15) is 4.98 Å². The second-order valence-electron chi connectivity index (χ2n) is 5.13.